The monoisotopic (exact) mass is 295 g/mol. The maximum absolute atomic E-state index is 13.2. The predicted octanol–water partition coefficient (Wildman–Crippen LogP) is 3.11. The van der Waals surface area contributed by atoms with Gasteiger partial charge in [-0.2, -0.15) is 13.2 Å². The Morgan fingerprint density at radius 3 is 2.67 bits per heavy atom. The van der Waals surface area contributed by atoms with E-state index >= 15 is 0 Å². The predicted molar refractivity (Wildman–Crippen MR) is 70.7 cm³/mol. The highest BCUT2D eigenvalue weighted by Gasteiger charge is 2.34. The molecular formula is C14H12F3N3O. The van der Waals surface area contributed by atoms with E-state index in [2.05, 4.69) is 4.98 Å². The van der Waals surface area contributed by atoms with Gasteiger partial charge in [0.15, 0.2) is 0 Å². The van der Waals surface area contributed by atoms with Gasteiger partial charge in [0.25, 0.3) is 0 Å². The molecule has 0 saturated carbocycles. The van der Waals surface area contributed by atoms with Crippen LogP contribution in [0.5, 0.6) is 0 Å². The SMILES string of the molecule is NCCc1cn2cc(-c3ccoc3)cc(C(F)(F)F)c2n1. The molecule has 21 heavy (non-hydrogen) atoms. The van der Waals surface area contributed by atoms with Gasteiger partial charge in [0.1, 0.15) is 5.65 Å². The van der Waals surface area contributed by atoms with Crippen molar-refractivity contribution in [2.75, 3.05) is 6.54 Å². The first-order chi connectivity index (χ1) is 9.99. The number of pyridine rings is 1. The maximum atomic E-state index is 13.2. The van der Waals surface area contributed by atoms with Crippen molar-refractivity contribution in [3.63, 3.8) is 0 Å². The zero-order valence-corrected chi connectivity index (χ0v) is 10.9. The van der Waals surface area contributed by atoms with Gasteiger partial charge in [0.05, 0.1) is 23.8 Å². The summed E-state index contributed by atoms with van der Waals surface area (Å²) in [5, 5.41) is 0. The van der Waals surface area contributed by atoms with Gasteiger partial charge in [-0.3, -0.25) is 0 Å². The molecule has 110 valence electrons. The molecule has 4 nitrogen and oxygen atoms in total. The molecule has 0 unspecified atom stereocenters. The smallest absolute Gasteiger partial charge is 0.420 e. The number of halogens is 3. The van der Waals surface area contributed by atoms with Crippen LogP contribution in [0, 0.1) is 0 Å². The topological polar surface area (TPSA) is 56.5 Å². The normalized spacial score (nSPS) is 12.2. The number of hydrogen-bond donors (Lipinski definition) is 1. The van der Waals surface area contributed by atoms with E-state index in [0.29, 0.717) is 29.8 Å². The van der Waals surface area contributed by atoms with Gasteiger partial charge < -0.3 is 14.6 Å². The molecule has 0 radical (unpaired) electrons. The Morgan fingerprint density at radius 2 is 2.05 bits per heavy atom. The van der Waals surface area contributed by atoms with Crippen molar-refractivity contribution in [1.29, 1.82) is 0 Å². The molecular weight excluding hydrogens is 283 g/mol. The van der Waals surface area contributed by atoms with Crippen molar-refractivity contribution in [1.82, 2.24) is 9.38 Å². The van der Waals surface area contributed by atoms with E-state index < -0.39 is 11.7 Å². The minimum absolute atomic E-state index is 0.113. The molecule has 0 bridgehead atoms. The number of fused-ring (bicyclic) bond motifs is 1. The Bertz CT molecular complexity index is 760. The standard InChI is InChI=1S/C14H12F3N3O/c15-14(16,17)12-5-10(9-2-4-21-8-9)6-20-7-11(1-3-18)19-13(12)20/h2,4-8H,1,3,18H2. The van der Waals surface area contributed by atoms with Crippen molar-refractivity contribution in [2.45, 2.75) is 12.6 Å². The molecule has 0 spiro atoms. The van der Waals surface area contributed by atoms with Crippen LogP contribution < -0.4 is 5.73 Å². The van der Waals surface area contributed by atoms with Crippen molar-refractivity contribution in [3.8, 4) is 11.1 Å². The molecule has 3 aromatic heterocycles. The van der Waals surface area contributed by atoms with Crippen LogP contribution in [-0.2, 0) is 12.6 Å². The molecule has 3 aromatic rings. The molecule has 0 aliphatic rings. The van der Waals surface area contributed by atoms with Crippen LogP contribution in [0.15, 0.2) is 41.5 Å². The second-order valence-corrected chi connectivity index (χ2v) is 4.65. The lowest BCUT2D eigenvalue weighted by molar-refractivity contribution is -0.136. The third-order valence-corrected chi connectivity index (χ3v) is 3.16. The van der Waals surface area contributed by atoms with Crippen LogP contribution in [0.1, 0.15) is 11.3 Å². The van der Waals surface area contributed by atoms with Crippen molar-refractivity contribution in [3.05, 3.63) is 48.3 Å². The molecule has 3 rings (SSSR count). The molecule has 0 saturated heterocycles. The van der Waals surface area contributed by atoms with Crippen LogP contribution >= 0.6 is 0 Å². The number of furan rings is 1. The van der Waals surface area contributed by atoms with Crippen molar-refractivity contribution in [2.24, 2.45) is 5.73 Å². The first kappa shape index (κ1) is 13.7. The second kappa shape index (κ2) is 4.92. The maximum Gasteiger partial charge on any atom is 0.420 e. The van der Waals surface area contributed by atoms with E-state index in [1.54, 1.807) is 18.5 Å². The number of rotatable bonds is 3. The third-order valence-electron chi connectivity index (χ3n) is 3.16. The number of imidazole rings is 1. The van der Waals surface area contributed by atoms with E-state index in [1.165, 1.54) is 16.9 Å². The molecule has 3 heterocycles. The largest absolute Gasteiger partial charge is 0.472 e. The fourth-order valence-electron chi connectivity index (χ4n) is 2.21. The summed E-state index contributed by atoms with van der Waals surface area (Å²) in [6.45, 7) is 0.333. The molecule has 0 fully saturated rings. The van der Waals surface area contributed by atoms with Gasteiger partial charge >= 0.3 is 6.18 Å². The Labute approximate surface area is 118 Å². The molecule has 0 aromatic carbocycles. The summed E-state index contributed by atoms with van der Waals surface area (Å²) in [6, 6.07) is 2.69. The number of alkyl halides is 3. The first-order valence-corrected chi connectivity index (χ1v) is 6.30. The van der Waals surface area contributed by atoms with Crippen LogP contribution in [0.3, 0.4) is 0 Å². The zero-order chi connectivity index (χ0) is 15.0. The summed E-state index contributed by atoms with van der Waals surface area (Å²) >= 11 is 0. The quantitative estimate of drug-likeness (QED) is 0.807. The van der Waals surface area contributed by atoms with Gasteiger partial charge in [-0.1, -0.05) is 0 Å². The van der Waals surface area contributed by atoms with Gasteiger partial charge in [-0.15, -0.1) is 0 Å². The Kier molecular flexibility index (Phi) is 3.21. The number of nitrogens with zero attached hydrogens (tertiary/aromatic N) is 2. The number of nitrogens with two attached hydrogens (primary N) is 1. The Hall–Kier alpha value is -2.28. The Balaban J connectivity index is 2.24. The lowest BCUT2D eigenvalue weighted by atomic mass is 10.1. The fraction of sp³-hybridized carbons (Fsp3) is 0.214. The van der Waals surface area contributed by atoms with Crippen molar-refractivity contribution < 1.29 is 17.6 Å². The number of hydrogen-bond acceptors (Lipinski definition) is 3. The van der Waals surface area contributed by atoms with Gasteiger partial charge in [-0.25, -0.2) is 4.98 Å². The summed E-state index contributed by atoms with van der Waals surface area (Å²) in [6.07, 6.45) is 1.94. The molecule has 2 N–H and O–H groups in total. The van der Waals surface area contributed by atoms with Crippen molar-refractivity contribution >= 4 is 5.65 Å². The lowest BCUT2D eigenvalue weighted by Gasteiger charge is -2.10. The first-order valence-electron chi connectivity index (χ1n) is 6.30. The van der Waals surface area contributed by atoms with Crippen LogP contribution in [-0.4, -0.2) is 15.9 Å². The average Bonchev–Trinajstić information content (AvgIpc) is 3.05. The van der Waals surface area contributed by atoms with E-state index in [-0.39, 0.29) is 5.65 Å². The second-order valence-electron chi connectivity index (χ2n) is 4.65. The summed E-state index contributed by atoms with van der Waals surface area (Å²) in [7, 11) is 0. The zero-order valence-electron chi connectivity index (χ0n) is 10.9. The molecule has 0 atom stereocenters. The van der Waals surface area contributed by atoms with Gasteiger partial charge in [0.2, 0.25) is 0 Å². The Morgan fingerprint density at radius 1 is 1.24 bits per heavy atom. The van der Waals surface area contributed by atoms with Gasteiger partial charge in [0, 0.05) is 29.9 Å². The molecule has 7 heteroatoms. The molecule has 0 aliphatic heterocycles. The van der Waals surface area contributed by atoms with E-state index in [0.717, 1.165) is 6.07 Å². The number of aromatic nitrogens is 2. The van der Waals surface area contributed by atoms with Crippen LogP contribution in [0.2, 0.25) is 0 Å². The molecule has 0 amide bonds. The van der Waals surface area contributed by atoms with E-state index in [1.807, 2.05) is 0 Å². The summed E-state index contributed by atoms with van der Waals surface area (Å²) < 4.78 is 46.0. The molecule has 0 aliphatic carbocycles. The summed E-state index contributed by atoms with van der Waals surface area (Å²) in [5.41, 5.74) is 6.07. The average molecular weight is 295 g/mol. The van der Waals surface area contributed by atoms with Crippen LogP contribution in [0.25, 0.3) is 16.8 Å². The third kappa shape index (κ3) is 2.52. The van der Waals surface area contributed by atoms with Gasteiger partial charge in [-0.05, 0) is 18.7 Å². The fourth-order valence-corrected chi connectivity index (χ4v) is 2.21. The van der Waals surface area contributed by atoms with E-state index in [9.17, 15) is 13.2 Å². The summed E-state index contributed by atoms with van der Waals surface area (Å²) in [4.78, 5) is 4.03. The lowest BCUT2D eigenvalue weighted by Crippen LogP contribution is -2.08. The minimum Gasteiger partial charge on any atom is -0.472 e. The minimum atomic E-state index is -4.48. The van der Waals surface area contributed by atoms with E-state index in [4.69, 9.17) is 10.2 Å². The highest BCUT2D eigenvalue weighted by Crippen LogP contribution is 2.35. The summed E-state index contributed by atoms with van der Waals surface area (Å²) in [5.74, 6) is 0. The highest BCUT2D eigenvalue weighted by atomic mass is 19.4. The van der Waals surface area contributed by atoms with Crippen LogP contribution in [0.4, 0.5) is 13.2 Å². The highest BCUT2D eigenvalue weighted by molar-refractivity contribution is 5.67.